The Morgan fingerprint density at radius 1 is 1.28 bits per heavy atom. The number of carbonyl (C=O) groups excluding carboxylic acids is 1. The number of esters is 1. The van der Waals surface area contributed by atoms with Gasteiger partial charge < -0.3 is 20.1 Å². The predicted octanol–water partition coefficient (Wildman–Crippen LogP) is 5.09. The molecule has 0 aliphatic heterocycles. The molecule has 0 fully saturated rings. The summed E-state index contributed by atoms with van der Waals surface area (Å²) in [5.74, 6) is 0.0898. The van der Waals surface area contributed by atoms with E-state index in [9.17, 15) is 9.90 Å². The number of ether oxygens (including phenoxy) is 1. The standard InChI is InChI=1S/C21H21Cl2N3O3/c1-12(2)26-20-8-16(17(23)10-25-20)14-7-18(24-9-14)21(28)29-19(11-27)13-4-3-5-15(22)6-13/h3-10,12,19,24,27H,11H2,1-2H3,(H,25,26). The number of hydrogen-bond acceptors (Lipinski definition) is 5. The summed E-state index contributed by atoms with van der Waals surface area (Å²) in [5.41, 5.74) is 2.31. The molecule has 0 aliphatic rings. The maximum absolute atomic E-state index is 12.6. The number of nitrogens with zero attached hydrogens (tertiary/aromatic N) is 1. The van der Waals surface area contributed by atoms with Crippen LogP contribution in [0.5, 0.6) is 0 Å². The molecule has 3 aromatic rings. The van der Waals surface area contributed by atoms with E-state index in [4.69, 9.17) is 27.9 Å². The highest BCUT2D eigenvalue weighted by molar-refractivity contribution is 6.33. The number of halogens is 2. The average molecular weight is 434 g/mol. The smallest absolute Gasteiger partial charge is 0.355 e. The first-order valence-electron chi connectivity index (χ1n) is 9.05. The van der Waals surface area contributed by atoms with Crippen molar-refractivity contribution in [3.8, 4) is 11.1 Å². The van der Waals surface area contributed by atoms with E-state index in [1.807, 2.05) is 19.9 Å². The highest BCUT2D eigenvalue weighted by Gasteiger charge is 2.20. The molecular formula is C21H21Cl2N3O3. The highest BCUT2D eigenvalue weighted by Crippen LogP contribution is 2.30. The lowest BCUT2D eigenvalue weighted by molar-refractivity contribution is 0.0127. The Kier molecular flexibility index (Phi) is 6.79. The van der Waals surface area contributed by atoms with Crippen molar-refractivity contribution in [3.05, 3.63) is 70.1 Å². The molecule has 3 rings (SSSR count). The number of aliphatic hydroxyl groups excluding tert-OH is 1. The molecular weight excluding hydrogens is 413 g/mol. The Morgan fingerprint density at radius 3 is 2.76 bits per heavy atom. The van der Waals surface area contributed by atoms with Gasteiger partial charge in [0.2, 0.25) is 0 Å². The first-order chi connectivity index (χ1) is 13.9. The summed E-state index contributed by atoms with van der Waals surface area (Å²) >= 11 is 12.3. The highest BCUT2D eigenvalue weighted by atomic mass is 35.5. The van der Waals surface area contributed by atoms with Gasteiger partial charge in [-0.25, -0.2) is 9.78 Å². The van der Waals surface area contributed by atoms with E-state index in [0.29, 0.717) is 21.4 Å². The Labute approximate surface area is 178 Å². The number of rotatable bonds is 7. The summed E-state index contributed by atoms with van der Waals surface area (Å²) in [6.07, 6.45) is 2.41. The second kappa shape index (κ2) is 9.31. The minimum Gasteiger partial charge on any atom is -0.450 e. The van der Waals surface area contributed by atoms with Crippen LogP contribution in [0.4, 0.5) is 5.82 Å². The van der Waals surface area contributed by atoms with E-state index < -0.39 is 12.1 Å². The zero-order chi connectivity index (χ0) is 21.0. The van der Waals surface area contributed by atoms with Crippen LogP contribution in [0.2, 0.25) is 10.0 Å². The molecule has 0 spiro atoms. The maximum Gasteiger partial charge on any atom is 0.355 e. The minimum absolute atomic E-state index is 0.218. The van der Waals surface area contributed by atoms with Gasteiger partial charge in [-0.05, 0) is 43.7 Å². The molecule has 152 valence electrons. The lowest BCUT2D eigenvalue weighted by Gasteiger charge is -2.15. The van der Waals surface area contributed by atoms with Crippen molar-refractivity contribution in [1.82, 2.24) is 9.97 Å². The fourth-order valence-corrected chi connectivity index (χ4v) is 3.22. The minimum atomic E-state index is -0.820. The van der Waals surface area contributed by atoms with Gasteiger partial charge in [0.25, 0.3) is 0 Å². The number of aromatic nitrogens is 2. The monoisotopic (exact) mass is 433 g/mol. The molecule has 2 aromatic heterocycles. The lowest BCUT2D eigenvalue weighted by Crippen LogP contribution is -2.15. The molecule has 29 heavy (non-hydrogen) atoms. The van der Waals surface area contributed by atoms with Gasteiger partial charge in [-0.1, -0.05) is 35.3 Å². The zero-order valence-electron chi connectivity index (χ0n) is 15.9. The van der Waals surface area contributed by atoms with Crippen molar-refractivity contribution in [1.29, 1.82) is 0 Å². The number of benzene rings is 1. The van der Waals surface area contributed by atoms with E-state index in [1.165, 1.54) is 0 Å². The van der Waals surface area contributed by atoms with Crippen LogP contribution in [0.25, 0.3) is 11.1 Å². The molecule has 2 heterocycles. The van der Waals surface area contributed by atoms with Crippen LogP contribution in [-0.4, -0.2) is 33.7 Å². The first-order valence-corrected chi connectivity index (χ1v) is 9.81. The molecule has 0 amide bonds. The van der Waals surface area contributed by atoms with Crippen LogP contribution >= 0.6 is 23.2 Å². The van der Waals surface area contributed by atoms with Crippen molar-refractivity contribution in [2.24, 2.45) is 0 Å². The van der Waals surface area contributed by atoms with Crippen molar-refractivity contribution in [2.75, 3.05) is 11.9 Å². The van der Waals surface area contributed by atoms with Crippen LogP contribution in [0, 0.1) is 0 Å². The quantitative estimate of drug-likeness (QED) is 0.451. The molecule has 0 aliphatic carbocycles. The largest absolute Gasteiger partial charge is 0.450 e. The Morgan fingerprint density at radius 2 is 2.07 bits per heavy atom. The summed E-state index contributed by atoms with van der Waals surface area (Å²) in [6.45, 7) is 3.66. The zero-order valence-corrected chi connectivity index (χ0v) is 17.5. The normalized spacial score (nSPS) is 12.1. The SMILES string of the molecule is CC(C)Nc1cc(-c2c[nH]c(C(=O)OC(CO)c3cccc(Cl)c3)c2)c(Cl)cn1. The number of aromatic amines is 1. The van der Waals surface area contributed by atoms with Crippen LogP contribution in [0.3, 0.4) is 0 Å². The van der Waals surface area contributed by atoms with E-state index in [1.54, 1.807) is 42.7 Å². The van der Waals surface area contributed by atoms with Gasteiger partial charge in [0.05, 0.1) is 11.6 Å². The van der Waals surface area contributed by atoms with Gasteiger partial charge in [-0.3, -0.25) is 0 Å². The van der Waals surface area contributed by atoms with E-state index in [-0.39, 0.29) is 18.3 Å². The van der Waals surface area contributed by atoms with Crippen molar-refractivity contribution >= 4 is 35.0 Å². The Hall–Kier alpha value is -2.54. The third-order valence-electron chi connectivity index (χ3n) is 4.14. The van der Waals surface area contributed by atoms with Crippen LogP contribution < -0.4 is 5.32 Å². The van der Waals surface area contributed by atoms with Gasteiger partial charge in [0.1, 0.15) is 11.5 Å². The van der Waals surface area contributed by atoms with Gasteiger partial charge >= 0.3 is 5.97 Å². The summed E-state index contributed by atoms with van der Waals surface area (Å²) in [5, 5.41) is 13.8. The maximum atomic E-state index is 12.6. The van der Waals surface area contributed by atoms with Gasteiger partial charge in [-0.2, -0.15) is 0 Å². The molecule has 0 bridgehead atoms. The fraction of sp³-hybridized carbons (Fsp3) is 0.238. The molecule has 1 aromatic carbocycles. The van der Waals surface area contributed by atoms with E-state index in [0.717, 1.165) is 11.1 Å². The van der Waals surface area contributed by atoms with Crippen LogP contribution in [-0.2, 0) is 4.74 Å². The fourth-order valence-electron chi connectivity index (χ4n) is 2.81. The second-order valence-electron chi connectivity index (χ2n) is 6.78. The summed E-state index contributed by atoms with van der Waals surface area (Å²) in [7, 11) is 0. The van der Waals surface area contributed by atoms with Crippen LogP contribution in [0.15, 0.2) is 48.8 Å². The molecule has 1 atom stereocenters. The second-order valence-corrected chi connectivity index (χ2v) is 7.63. The Balaban J connectivity index is 1.79. The summed E-state index contributed by atoms with van der Waals surface area (Å²) in [6, 6.07) is 10.5. The number of H-pyrrole nitrogens is 1. The molecule has 6 nitrogen and oxygen atoms in total. The number of hydrogen-bond donors (Lipinski definition) is 3. The number of nitrogens with one attached hydrogen (secondary N) is 2. The number of aliphatic hydroxyl groups is 1. The summed E-state index contributed by atoms with van der Waals surface area (Å²) < 4.78 is 5.45. The molecule has 0 radical (unpaired) electrons. The topological polar surface area (TPSA) is 87.2 Å². The molecule has 3 N–H and O–H groups in total. The van der Waals surface area contributed by atoms with E-state index >= 15 is 0 Å². The predicted molar refractivity (Wildman–Crippen MR) is 114 cm³/mol. The van der Waals surface area contributed by atoms with Crippen molar-refractivity contribution < 1.29 is 14.6 Å². The molecule has 1 unspecified atom stereocenters. The van der Waals surface area contributed by atoms with E-state index in [2.05, 4.69) is 15.3 Å². The van der Waals surface area contributed by atoms with Crippen LogP contribution in [0.1, 0.15) is 36.0 Å². The van der Waals surface area contributed by atoms with Crippen molar-refractivity contribution in [2.45, 2.75) is 26.0 Å². The third kappa shape index (κ3) is 5.29. The third-order valence-corrected chi connectivity index (χ3v) is 4.68. The number of anilines is 1. The molecule has 0 saturated heterocycles. The number of pyridine rings is 1. The first kappa shape index (κ1) is 21.2. The Bertz CT molecular complexity index is 1000. The van der Waals surface area contributed by atoms with Gasteiger partial charge in [-0.15, -0.1) is 0 Å². The summed E-state index contributed by atoms with van der Waals surface area (Å²) in [4.78, 5) is 19.7. The van der Waals surface area contributed by atoms with Crippen molar-refractivity contribution in [3.63, 3.8) is 0 Å². The molecule has 8 heteroatoms. The van der Waals surface area contributed by atoms with Gasteiger partial charge in [0, 0.05) is 34.6 Å². The molecule has 0 saturated carbocycles. The lowest BCUT2D eigenvalue weighted by atomic mass is 10.1. The number of carbonyl (C=O) groups is 1. The average Bonchev–Trinajstić information content (AvgIpc) is 3.17. The van der Waals surface area contributed by atoms with Gasteiger partial charge in [0.15, 0.2) is 6.10 Å².